The SMILES string of the molecule is COc1cc(C#N)ccc1OC(=O)c1ccc(OC)c(S(=O)(=O)NC(C)C)c1. The first-order valence-electron chi connectivity index (χ1n) is 8.22. The summed E-state index contributed by atoms with van der Waals surface area (Å²) in [6.07, 6.45) is 0. The third-order valence-electron chi connectivity index (χ3n) is 3.58. The molecule has 0 spiro atoms. The second kappa shape index (κ2) is 8.73. The van der Waals surface area contributed by atoms with E-state index >= 15 is 0 Å². The number of carbonyl (C=O) groups excluding carboxylic acids is 1. The van der Waals surface area contributed by atoms with Crippen LogP contribution in [0.5, 0.6) is 17.2 Å². The predicted octanol–water partition coefficient (Wildman–Crippen LogP) is 2.48. The molecule has 0 saturated heterocycles. The largest absolute Gasteiger partial charge is 0.495 e. The molecule has 0 bridgehead atoms. The highest BCUT2D eigenvalue weighted by Gasteiger charge is 2.23. The summed E-state index contributed by atoms with van der Waals surface area (Å²) in [6.45, 7) is 3.36. The van der Waals surface area contributed by atoms with E-state index in [4.69, 9.17) is 19.5 Å². The van der Waals surface area contributed by atoms with Crippen molar-refractivity contribution in [2.45, 2.75) is 24.8 Å². The Bertz CT molecular complexity index is 1030. The first-order chi connectivity index (χ1) is 13.2. The van der Waals surface area contributed by atoms with Crippen molar-refractivity contribution in [3.8, 4) is 23.3 Å². The zero-order valence-corrected chi connectivity index (χ0v) is 16.7. The fraction of sp³-hybridized carbons (Fsp3) is 0.263. The van der Waals surface area contributed by atoms with Crippen LogP contribution in [0, 0.1) is 11.3 Å². The number of rotatable bonds is 7. The Morgan fingerprint density at radius 3 is 2.25 bits per heavy atom. The van der Waals surface area contributed by atoms with Crippen LogP contribution in [-0.4, -0.2) is 34.6 Å². The summed E-state index contributed by atoms with van der Waals surface area (Å²) in [4.78, 5) is 12.4. The molecule has 0 saturated carbocycles. The number of sulfonamides is 1. The Labute approximate surface area is 163 Å². The molecule has 2 rings (SSSR count). The van der Waals surface area contributed by atoms with E-state index in [0.717, 1.165) is 0 Å². The van der Waals surface area contributed by atoms with Crippen LogP contribution >= 0.6 is 0 Å². The van der Waals surface area contributed by atoms with Crippen molar-refractivity contribution in [3.05, 3.63) is 47.5 Å². The molecule has 0 unspecified atom stereocenters. The third-order valence-corrected chi connectivity index (χ3v) is 5.25. The van der Waals surface area contributed by atoms with Crippen molar-refractivity contribution in [3.63, 3.8) is 0 Å². The average molecular weight is 404 g/mol. The van der Waals surface area contributed by atoms with Gasteiger partial charge in [0, 0.05) is 12.1 Å². The maximum atomic E-state index is 12.5. The summed E-state index contributed by atoms with van der Waals surface area (Å²) in [7, 11) is -1.18. The standard InChI is InChI=1S/C19H20N2O6S/c1-12(2)21-28(23,24)18-10-14(6-8-16(18)25-3)19(22)27-15-7-5-13(11-20)9-17(15)26-4/h5-10,12,21H,1-4H3. The zero-order valence-electron chi connectivity index (χ0n) is 15.8. The van der Waals surface area contributed by atoms with E-state index in [1.165, 1.54) is 50.6 Å². The summed E-state index contributed by atoms with van der Waals surface area (Å²) in [5.41, 5.74) is 0.352. The summed E-state index contributed by atoms with van der Waals surface area (Å²) in [5.74, 6) is -0.380. The van der Waals surface area contributed by atoms with E-state index in [1.807, 2.05) is 6.07 Å². The lowest BCUT2D eigenvalue weighted by Crippen LogP contribution is -2.30. The van der Waals surface area contributed by atoms with E-state index in [9.17, 15) is 13.2 Å². The molecule has 0 aliphatic carbocycles. The number of hydrogen-bond donors (Lipinski definition) is 1. The molecule has 2 aromatic rings. The van der Waals surface area contributed by atoms with E-state index in [1.54, 1.807) is 13.8 Å². The van der Waals surface area contributed by atoms with Crippen molar-refractivity contribution < 1.29 is 27.4 Å². The number of nitrogens with one attached hydrogen (secondary N) is 1. The molecular weight excluding hydrogens is 384 g/mol. The van der Waals surface area contributed by atoms with Crippen molar-refractivity contribution in [2.75, 3.05) is 14.2 Å². The van der Waals surface area contributed by atoms with E-state index < -0.39 is 16.0 Å². The van der Waals surface area contributed by atoms with Crippen molar-refractivity contribution in [1.29, 1.82) is 5.26 Å². The first kappa shape index (κ1) is 21.2. The number of methoxy groups -OCH3 is 2. The Balaban J connectivity index is 2.40. The number of hydrogen-bond acceptors (Lipinski definition) is 7. The van der Waals surface area contributed by atoms with Gasteiger partial charge in [-0.2, -0.15) is 5.26 Å². The zero-order chi connectivity index (χ0) is 20.9. The van der Waals surface area contributed by atoms with Gasteiger partial charge in [0.2, 0.25) is 10.0 Å². The van der Waals surface area contributed by atoms with Gasteiger partial charge < -0.3 is 14.2 Å². The highest BCUT2D eigenvalue weighted by molar-refractivity contribution is 7.89. The van der Waals surface area contributed by atoms with Gasteiger partial charge >= 0.3 is 5.97 Å². The molecule has 8 nitrogen and oxygen atoms in total. The first-order valence-corrected chi connectivity index (χ1v) is 9.70. The Kier molecular flexibility index (Phi) is 6.62. The quantitative estimate of drug-likeness (QED) is 0.557. The second-order valence-electron chi connectivity index (χ2n) is 6.01. The van der Waals surface area contributed by atoms with Crippen LogP contribution in [-0.2, 0) is 10.0 Å². The lowest BCUT2D eigenvalue weighted by Gasteiger charge is -2.14. The summed E-state index contributed by atoms with van der Waals surface area (Å²) in [5, 5.41) is 8.94. The summed E-state index contributed by atoms with van der Waals surface area (Å²) < 4.78 is 43.1. The molecule has 1 N–H and O–H groups in total. The molecule has 0 aliphatic heterocycles. The van der Waals surface area contributed by atoms with Gasteiger partial charge in [-0.1, -0.05) is 0 Å². The van der Waals surface area contributed by atoms with Crippen LogP contribution in [0.15, 0.2) is 41.3 Å². The maximum Gasteiger partial charge on any atom is 0.343 e. The van der Waals surface area contributed by atoms with Gasteiger partial charge in [-0.15, -0.1) is 0 Å². The molecule has 9 heteroatoms. The van der Waals surface area contributed by atoms with Crippen molar-refractivity contribution in [2.24, 2.45) is 0 Å². The highest BCUT2D eigenvalue weighted by Crippen LogP contribution is 2.30. The van der Waals surface area contributed by atoms with E-state index in [0.29, 0.717) is 5.56 Å². The lowest BCUT2D eigenvalue weighted by molar-refractivity contribution is 0.0729. The molecule has 0 amide bonds. The monoisotopic (exact) mass is 404 g/mol. The molecule has 2 aromatic carbocycles. The van der Waals surface area contributed by atoms with Gasteiger partial charge in [-0.3, -0.25) is 0 Å². The molecule has 0 radical (unpaired) electrons. The van der Waals surface area contributed by atoms with Gasteiger partial charge in [0.25, 0.3) is 0 Å². The van der Waals surface area contributed by atoms with Gasteiger partial charge in [0.05, 0.1) is 31.4 Å². The van der Waals surface area contributed by atoms with Gasteiger partial charge in [-0.25, -0.2) is 17.9 Å². The minimum absolute atomic E-state index is 0.0105. The number of ether oxygens (including phenoxy) is 3. The lowest BCUT2D eigenvalue weighted by atomic mass is 10.2. The highest BCUT2D eigenvalue weighted by atomic mass is 32.2. The minimum atomic E-state index is -3.90. The summed E-state index contributed by atoms with van der Waals surface area (Å²) in [6, 6.07) is 9.90. The molecule has 0 atom stereocenters. The van der Waals surface area contributed by atoms with Crippen LogP contribution in [0.4, 0.5) is 0 Å². The topological polar surface area (TPSA) is 115 Å². The number of nitriles is 1. The predicted molar refractivity (Wildman–Crippen MR) is 101 cm³/mol. The Morgan fingerprint density at radius 2 is 1.68 bits per heavy atom. The van der Waals surface area contributed by atoms with Gasteiger partial charge in [0.1, 0.15) is 10.6 Å². The second-order valence-corrected chi connectivity index (χ2v) is 7.69. The fourth-order valence-electron chi connectivity index (χ4n) is 2.37. The van der Waals surface area contributed by atoms with E-state index in [2.05, 4.69) is 4.72 Å². The molecule has 0 aliphatic rings. The van der Waals surface area contributed by atoms with Crippen LogP contribution in [0.1, 0.15) is 29.8 Å². The van der Waals surface area contributed by atoms with Crippen LogP contribution in [0.2, 0.25) is 0 Å². The maximum absolute atomic E-state index is 12.5. The molecular formula is C19H20N2O6S. The number of carbonyl (C=O) groups is 1. The van der Waals surface area contributed by atoms with Crippen molar-refractivity contribution >= 4 is 16.0 Å². The van der Waals surface area contributed by atoms with E-state index in [-0.39, 0.29) is 33.7 Å². The third kappa shape index (κ3) is 4.79. The van der Waals surface area contributed by atoms with Crippen LogP contribution < -0.4 is 18.9 Å². The number of benzene rings is 2. The smallest absolute Gasteiger partial charge is 0.343 e. The normalized spacial score (nSPS) is 11.0. The van der Waals surface area contributed by atoms with Crippen LogP contribution in [0.3, 0.4) is 0 Å². The molecule has 148 valence electrons. The minimum Gasteiger partial charge on any atom is -0.495 e. The average Bonchev–Trinajstić information content (AvgIpc) is 2.66. The Hall–Kier alpha value is -3.09. The van der Waals surface area contributed by atoms with Crippen molar-refractivity contribution in [1.82, 2.24) is 4.72 Å². The number of esters is 1. The molecule has 0 heterocycles. The summed E-state index contributed by atoms with van der Waals surface area (Å²) >= 11 is 0. The molecule has 0 aromatic heterocycles. The Morgan fingerprint density at radius 1 is 1.04 bits per heavy atom. The van der Waals surface area contributed by atoms with Gasteiger partial charge in [-0.05, 0) is 44.2 Å². The molecule has 0 fully saturated rings. The number of nitrogens with zero attached hydrogens (tertiary/aromatic N) is 1. The molecule has 28 heavy (non-hydrogen) atoms. The fourth-order valence-corrected chi connectivity index (χ4v) is 3.81. The van der Waals surface area contributed by atoms with Gasteiger partial charge in [0.15, 0.2) is 11.5 Å². The van der Waals surface area contributed by atoms with Crippen LogP contribution in [0.25, 0.3) is 0 Å².